The van der Waals surface area contributed by atoms with Crippen LogP contribution in [0.2, 0.25) is 0 Å². The monoisotopic (exact) mass is 216 g/mol. The van der Waals surface area contributed by atoms with Gasteiger partial charge in [-0.1, -0.05) is 30.3 Å². The molecule has 0 spiro atoms. The molecule has 0 radical (unpaired) electrons. The Kier molecular flexibility index (Phi) is 2.72. The summed E-state index contributed by atoms with van der Waals surface area (Å²) >= 11 is 0. The second-order valence-electron chi connectivity index (χ2n) is 3.44. The summed E-state index contributed by atoms with van der Waals surface area (Å²) < 4.78 is 6.76. The Morgan fingerprint density at radius 3 is 2.62 bits per heavy atom. The minimum atomic E-state index is -0.345. The van der Waals surface area contributed by atoms with Gasteiger partial charge in [0.25, 0.3) is 0 Å². The lowest BCUT2D eigenvalue weighted by atomic mass is 10.2. The number of carbonyl (C=O) groups excluding carboxylic acids is 1. The van der Waals surface area contributed by atoms with E-state index in [4.69, 9.17) is 4.74 Å². The van der Waals surface area contributed by atoms with Gasteiger partial charge in [0.05, 0.1) is 6.20 Å². The molecule has 0 atom stereocenters. The second-order valence-corrected chi connectivity index (χ2v) is 3.44. The molecule has 0 aliphatic carbocycles. The molecule has 0 bridgehead atoms. The lowest BCUT2D eigenvalue weighted by Crippen LogP contribution is -2.05. The molecule has 1 aromatic heterocycles. The molecular formula is C12H12N2O2. The van der Waals surface area contributed by atoms with Gasteiger partial charge in [-0.25, -0.2) is 4.98 Å². The average molecular weight is 216 g/mol. The molecule has 4 nitrogen and oxygen atoms in total. The molecular weight excluding hydrogens is 204 g/mol. The highest BCUT2D eigenvalue weighted by molar-refractivity contribution is 5.69. The average Bonchev–Trinajstić information content (AvgIpc) is 2.61. The number of esters is 1. The molecule has 0 fully saturated rings. The number of benzene rings is 1. The van der Waals surface area contributed by atoms with E-state index in [-0.39, 0.29) is 5.97 Å². The van der Waals surface area contributed by atoms with Crippen LogP contribution in [-0.4, -0.2) is 15.5 Å². The highest BCUT2D eigenvalue weighted by Gasteiger charge is 2.10. The van der Waals surface area contributed by atoms with Crippen LogP contribution in [0.3, 0.4) is 0 Å². The van der Waals surface area contributed by atoms with Crippen molar-refractivity contribution in [3.8, 4) is 17.3 Å². The lowest BCUT2D eigenvalue weighted by molar-refractivity contribution is -0.132. The van der Waals surface area contributed by atoms with Crippen LogP contribution < -0.4 is 4.74 Å². The van der Waals surface area contributed by atoms with Gasteiger partial charge in [-0.15, -0.1) is 0 Å². The number of ether oxygens (including phenoxy) is 1. The maximum Gasteiger partial charge on any atom is 0.309 e. The maximum absolute atomic E-state index is 10.8. The molecule has 0 saturated heterocycles. The van der Waals surface area contributed by atoms with Crippen molar-refractivity contribution in [2.45, 2.75) is 6.92 Å². The summed E-state index contributed by atoms with van der Waals surface area (Å²) in [5, 5.41) is 0. The van der Waals surface area contributed by atoms with E-state index in [0.717, 1.165) is 11.4 Å². The molecule has 1 aromatic carbocycles. The molecule has 1 heterocycles. The van der Waals surface area contributed by atoms with E-state index in [1.165, 1.54) is 6.92 Å². The van der Waals surface area contributed by atoms with Crippen LogP contribution in [0, 0.1) is 0 Å². The Labute approximate surface area is 93.5 Å². The van der Waals surface area contributed by atoms with Crippen molar-refractivity contribution in [2.75, 3.05) is 0 Å². The number of hydrogen-bond acceptors (Lipinski definition) is 3. The van der Waals surface area contributed by atoms with Crippen LogP contribution in [0.5, 0.6) is 5.88 Å². The Bertz CT molecular complexity index is 503. The predicted molar refractivity (Wildman–Crippen MR) is 60.0 cm³/mol. The highest BCUT2D eigenvalue weighted by atomic mass is 16.5. The van der Waals surface area contributed by atoms with Gasteiger partial charge in [0.15, 0.2) is 0 Å². The fraction of sp³-hybridized carbons (Fsp3) is 0.167. The molecule has 4 heteroatoms. The van der Waals surface area contributed by atoms with E-state index < -0.39 is 0 Å². The molecule has 0 aliphatic rings. The van der Waals surface area contributed by atoms with Gasteiger partial charge in [-0.05, 0) is 0 Å². The summed E-state index contributed by atoms with van der Waals surface area (Å²) in [5.41, 5.74) is 0.989. The minimum Gasteiger partial charge on any atom is -0.408 e. The molecule has 16 heavy (non-hydrogen) atoms. The summed E-state index contributed by atoms with van der Waals surface area (Å²) in [6.07, 6.45) is 1.55. The van der Waals surface area contributed by atoms with E-state index in [0.29, 0.717) is 5.88 Å². The Morgan fingerprint density at radius 2 is 2.00 bits per heavy atom. The third-order valence-corrected chi connectivity index (χ3v) is 2.23. The first-order valence-corrected chi connectivity index (χ1v) is 4.94. The van der Waals surface area contributed by atoms with Crippen molar-refractivity contribution >= 4 is 5.97 Å². The van der Waals surface area contributed by atoms with E-state index in [1.807, 2.05) is 37.4 Å². The summed E-state index contributed by atoms with van der Waals surface area (Å²) in [5.74, 6) is 0.880. The van der Waals surface area contributed by atoms with Crippen molar-refractivity contribution in [1.82, 2.24) is 9.55 Å². The SMILES string of the molecule is CC(=O)Oc1cnc(-c2ccccc2)n1C. The number of nitrogens with zero attached hydrogens (tertiary/aromatic N) is 2. The summed E-state index contributed by atoms with van der Waals surface area (Å²) in [6, 6.07) is 9.74. The van der Waals surface area contributed by atoms with Gasteiger partial charge >= 0.3 is 5.97 Å². The van der Waals surface area contributed by atoms with Gasteiger partial charge in [0.2, 0.25) is 5.88 Å². The van der Waals surface area contributed by atoms with Crippen LogP contribution in [-0.2, 0) is 11.8 Å². The van der Waals surface area contributed by atoms with Crippen molar-refractivity contribution < 1.29 is 9.53 Å². The molecule has 2 aromatic rings. The van der Waals surface area contributed by atoms with Crippen molar-refractivity contribution in [2.24, 2.45) is 7.05 Å². The molecule has 0 aliphatic heterocycles. The quantitative estimate of drug-likeness (QED) is 0.721. The zero-order valence-corrected chi connectivity index (χ0v) is 9.18. The standard InChI is InChI=1S/C12H12N2O2/c1-9(15)16-11-8-13-12(14(11)2)10-6-4-3-5-7-10/h3-8H,1-2H3. The highest BCUT2D eigenvalue weighted by Crippen LogP contribution is 2.21. The number of aromatic nitrogens is 2. The molecule has 0 unspecified atom stereocenters. The van der Waals surface area contributed by atoms with Gasteiger partial charge in [0, 0.05) is 19.5 Å². The molecule has 2 rings (SSSR count). The minimum absolute atomic E-state index is 0.345. The zero-order chi connectivity index (χ0) is 11.5. The van der Waals surface area contributed by atoms with Crippen molar-refractivity contribution in [3.05, 3.63) is 36.5 Å². The topological polar surface area (TPSA) is 44.1 Å². The van der Waals surface area contributed by atoms with Crippen LogP contribution in [0.1, 0.15) is 6.92 Å². The predicted octanol–water partition coefficient (Wildman–Crippen LogP) is 2.01. The zero-order valence-electron chi connectivity index (χ0n) is 9.18. The van der Waals surface area contributed by atoms with Gasteiger partial charge < -0.3 is 4.74 Å². The fourth-order valence-electron chi connectivity index (χ4n) is 1.49. The first-order chi connectivity index (χ1) is 7.68. The fourth-order valence-corrected chi connectivity index (χ4v) is 1.49. The van der Waals surface area contributed by atoms with Crippen LogP contribution in [0.25, 0.3) is 11.4 Å². The first-order valence-electron chi connectivity index (χ1n) is 4.94. The normalized spacial score (nSPS) is 10.1. The molecule has 82 valence electrons. The Morgan fingerprint density at radius 1 is 1.31 bits per heavy atom. The van der Waals surface area contributed by atoms with Crippen molar-refractivity contribution in [3.63, 3.8) is 0 Å². The number of rotatable bonds is 2. The van der Waals surface area contributed by atoms with Crippen LogP contribution in [0.4, 0.5) is 0 Å². The van der Waals surface area contributed by atoms with Crippen LogP contribution in [0.15, 0.2) is 36.5 Å². The van der Waals surface area contributed by atoms with Gasteiger partial charge in [0.1, 0.15) is 5.82 Å². The Hall–Kier alpha value is -2.10. The maximum atomic E-state index is 10.8. The smallest absolute Gasteiger partial charge is 0.309 e. The molecule has 0 saturated carbocycles. The lowest BCUT2D eigenvalue weighted by Gasteiger charge is -2.04. The van der Waals surface area contributed by atoms with E-state index in [1.54, 1.807) is 10.8 Å². The number of imidazole rings is 1. The number of carbonyl (C=O) groups is 1. The van der Waals surface area contributed by atoms with E-state index in [9.17, 15) is 4.79 Å². The largest absolute Gasteiger partial charge is 0.408 e. The summed E-state index contributed by atoms with van der Waals surface area (Å²) in [7, 11) is 1.81. The van der Waals surface area contributed by atoms with E-state index >= 15 is 0 Å². The van der Waals surface area contributed by atoms with Crippen LogP contribution >= 0.6 is 0 Å². The summed E-state index contributed by atoms with van der Waals surface area (Å²) in [6.45, 7) is 1.37. The Balaban J connectivity index is 2.37. The van der Waals surface area contributed by atoms with Gasteiger partial charge in [-0.3, -0.25) is 9.36 Å². The number of hydrogen-bond donors (Lipinski definition) is 0. The molecule has 0 amide bonds. The summed E-state index contributed by atoms with van der Waals surface area (Å²) in [4.78, 5) is 15.1. The molecule has 0 N–H and O–H groups in total. The first kappa shape index (κ1) is 10.4. The third-order valence-electron chi connectivity index (χ3n) is 2.23. The third kappa shape index (κ3) is 1.95. The van der Waals surface area contributed by atoms with E-state index in [2.05, 4.69) is 4.98 Å². The second kappa shape index (κ2) is 4.18. The van der Waals surface area contributed by atoms with Gasteiger partial charge in [-0.2, -0.15) is 0 Å². The van der Waals surface area contributed by atoms with Crippen molar-refractivity contribution in [1.29, 1.82) is 0 Å².